The van der Waals surface area contributed by atoms with Gasteiger partial charge in [-0.2, -0.15) is 0 Å². The zero-order chi connectivity index (χ0) is 13.7. The molecule has 18 heavy (non-hydrogen) atoms. The lowest BCUT2D eigenvalue weighted by Gasteiger charge is -2.41. The number of nitrogens with one attached hydrogen (secondary N) is 1. The molecule has 0 aliphatic carbocycles. The minimum absolute atomic E-state index is 0.0102. The Morgan fingerprint density at radius 2 is 2.11 bits per heavy atom. The Hall–Kier alpha value is -0.910. The highest BCUT2D eigenvalue weighted by Gasteiger charge is 2.56. The Balaban J connectivity index is 1.93. The quantitative estimate of drug-likeness (QED) is 0.736. The van der Waals surface area contributed by atoms with E-state index in [1.54, 1.807) is 32.5 Å². The molecule has 0 saturated carbocycles. The zero-order valence-electron chi connectivity index (χ0n) is 11.4. The molecule has 2 aliphatic heterocycles. The van der Waals surface area contributed by atoms with Gasteiger partial charge in [-0.1, -0.05) is 0 Å². The number of hydrogen-bond donors (Lipinski definition) is 1. The number of fused-ring (bicyclic) bond motifs is 1. The van der Waals surface area contributed by atoms with Crippen molar-refractivity contribution in [1.29, 1.82) is 0 Å². The van der Waals surface area contributed by atoms with E-state index in [0.29, 0.717) is 0 Å². The van der Waals surface area contributed by atoms with E-state index in [9.17, 15) is 9.59 Å². The third-order valence-corrected chi connectivity index (χ3v) is 4.34. The Morgan fingerprint density at radius 3 is 2.67 bits per heavy atom. The summed E-state index contributed by atoms with van der Waals surface area (Å²) in [5.74, 6) is -0.0102. The number of β-lactam (4-membered cyclic amide) rings is 1. The van der Waals surface area contributed by atoms with E-state index < -0.39 is 17.7 Å². The van der Waals surface area contributed by atoms with Crippen LogP contribution in [-0.4, -0.2) is 45.2 Å². The first-order valence-corrected chi connectivity index (χ1v) is 6.95. The van der Waals surface area contributed by atoms with Crippen molar-refractivity contribution in [1.82, 2.24) is 10.2 Å². The van der Waals surface area contributed by atoms with Crippen LogP contribution in [0, 0.1) is 0 Å². The van der Waals surface area contributed by atoms with Crippen molar-refractivity contribution in [2.45, 2.75) is 56.4 Å². The second kappa shape index (κ2) is 4.05. The Morgan fingerprint density at radius 1 is 1.50 bits per heavy atom. The molecule has 0 bridgehead atoms. The minimum Gasteiger partial charge on any atom is -0.444 e. The number of hydrogen-bond acceptors (Lipinski definition) is 4. The molecule has 0 radical (unpaired) electrons. The molecular weight excluding hydrogens is 252 g/mol. The summed E-state index contributed by atoms with van der Waals surface area (Å²) in [4.78, 5) is 25.3. The largest absolute Gasteiger partial charge is 0.444 e. The van der Waals surface area contributed by atoms with Gasteiger partial charge in [0, 0.05) is 11.3 Å². The highest BCUT2D eigenvalue weighted by Crippen LogP contribution is 2.46. The lowest BCUT2D eigenvalue weighted by Crippen LogP contribution is -2.67. The van der Waals surface area contributed by atoms with E-state index in [-0.39, 0.29) is 16.0 Å². The fraction of sp³-hybridized carbons (Fsp3) is 0.833. The molecule has 6 heteroatoms. The van der Waals surface area contributed by atoms with Crippen LogP contribution < -0.4 is 5.32 Å². The Kier molecular flexibility index (Phi) is 3.04. The van der Waals surface area contributed by atoms with Gasteiger partial charge in [-0.15, -0.1) is 11.8 Å². The number of carbonyl (C=O) groups excluding carboxylic acids is 2. The third-order valence-electron chi connectivity index (χ3n) is 2.80. The van der Waals surface area contributed by atoms with Gasteiger partial charge in [-0.05, 0) is 34.6 Å². The van der Waals surface area contributed by atoms with E-state index in [0.717, 1.165) is 6.54 Å². The molecule has 2 aliphatic rings. The summed E-state index contributed by atoms with van der Waals surface area (Å²) in [6, 6.07) is -0.438. The fourth-order valence-electron chi connectivity index (χ4n) is 2.17. The molecule has 102 valence electrons. The second-order valence-corrected chi connectivity index (χ2v) is 8.18. The predicted molar refractivity (Wildman–Crippen MR) is 70.3 cm³/mol. The third kappa shape index (κ3) is 2.58. The van der Waals surface area contributed by atoms with Crippen LogP contribution in [0.4, 0.5) is 4.79 Å². The standard InChI is InChI=1S/C12H20N2O3S/c1-11(2,3)17-10(16)13-7-8(15)14-6-12(4,5)18-9(7)14/h7,9H,6H2,1-5H3,(H,13,16)/t7-,9?/m1/s1. The summed E-state index contributed by atoms with van der Waals surface area (Å²) in [6.45, 7) is 10.4. The highest BCUT2D eigenvalue weighted by molar-refractivity contribution is 8.01. The van der Waals surface area contributed by atoms with Crippen LogP contribution in [0.15, 0.2) is 0 Å². The van der Waals surface area contributed by atoms with Crippen LogP contribution in [0.3, 0.4) is 0 Å². The van der Waals surface area contributed by atoms with Crippen molar-refractivity contribution in [3.63, 3.8) is 0 Å². The van der Waals surface area contributed by atoms with Crippen molar-refractivity contribution in [3.05, 3.63) is 0 Å². The van der Waals surface area contributed by atoms with Crippen molar-refractivity contribution in [3.8, 4) is 0 Å². The number of carbonyl (C=O) groups is 2. The number of thioether (sulfide) groups is 1. The molecular formula is C12H20N2O3S. The van der Waals surface area contributed by atoms with E-state index in [4.69, 9.17) is 4.74 Å². The van der Waals surface area contributed by atoms with Crippen LogP contribution in [0.5, 0.6) is 0 Å². The fourth-order valence-corrected chi connectivity index (χ4v) is 3.66. The first kappa shape index (κ1) is 13.5. The van der Waals surface area contributed by atoms with Gasteiger partial charge in [-0.25, -0.2) is 4.79 Å². The normalized spacial score (nSPS) is 29.6. The van der Waals surface area contributed by atoms with Crippen LogP contribution in [0.25, 0.3) is 0 Å². The molecule has 2 fully saturated rings. The predicted octanol–water partition coefficient (Wildman–Crippen LogP) is 1.57. The molecule has 2 heterocycles. The lowest BCUT2D eigenvalue weighted by molar-refractivity contribution is -0.145. The van der Waals surface area contributed by atoms with Gasteiger partial charge in [0.25, 0.3) is 0 Å². The number of rotatable bonds is 1. The lowest BCUT2D eigenvalue weighted by atomic mass is 10.1. The summed E-state index contributed by atoms with van der Waals surface area (Å²) in [5, 5.41) is 2.71. The average molecular weight is 272 g/mol. The summed E-state index contributed by atoms with van der Waals surface area (Å²) >= 11 is 1.72. The van der Waals surface area contributed by atoms with Crippen molar-refractivity contribution >= 4 is 23.8 Å². The van der Waals surface area contributed by atoms with E-state index in [2.05, 4.69) is 19.2 Å². The molecule has 2 atom stereocenters. The Bertz CT molecular complexity index is 389. The molecule has 2 rings (SSSR count). The maximum absolute atomic E-state index is 11.9. The Labute approximate surface area is 112 Å². The number of ether oxygens (including phenoxy) is 1. The highest BCUT2D eigenvalue weighted by atomic mass is 32.2. The second-order valence-electron chi connectivity index (χ2n) is 6.36. The summed E-state index contributed by atoms with van der Waals surface area (Å²) in [7, 11) is 0. The number of nitrogens with zero attached hydrogens (tertiary/aromatic N) is 1. The molecule has 0 spiro atoms. The first-order valence-electron chi connectivity index (χ1n) is 6.07. The molecule has 0 aromatic heterocycles. The van der Waals surface area contributed by atoms with E-state index in [1.165, 1.54) is 0 Å². The topological polar surface area (TPSA) is 58.6 Å². The molecule has 1 unspecified atom stereocenters. The SMILES string of the molecule is CC(C)(C)OC(=O)N[C@@H]1C(=O)N2CC(C)(C)SC12. The van der Waals surface area contributed by atoms with Crippen LogP contribution in [-0.2, 0) is 9.53 Å². The van der Waals surface area contributed by atoms with Gasteiger partial charge in [0.1, 0.15) is 17.0 Å². The molecule has 1 N–H and O–H groups in total. The van der Waals surface area contributed by atoms with Crippen molar-refractivity contribution in [2.75, 3.05) is 6.54 Å². The van der Waals surface area contributed by atoms with Gasteiger partial charge in [0.2, 0.25) is 5.91 Å². The van der Waals surface area contributed by atoms with Gasteiger partial charge < -0.3 is 15.0 Å². The first-order chi connectivity index (χ1) is 8.09. The monoisotopic (exact) mass is 272 g/mol. The smallest absolute Gasteiger partial charge is 0.408 e. The van der Waals surface area contributed by atoms with Crippen LogP contribution >= 0.6 is 11.8 Å². The summed E-state index contributed by atoms with van der Waals surface area (Å²) < 4.78 is 5.22. The maximum Gasteiger partial charge on any atom is 0.408 e. The van der Waals surface area contributed by atoms with Crippen LogP contribution in [0.2, 0.25) is 0 Å². The van der Waals surface area contributed by atoms with Gasteiger partial charge >= 0.3 is 6.09 Å². The summed E-state index contributed by atoms with van der Waals surface area (Å²) in [5.41, 5.74) is -0.543. The molecule has 2 amide bonds. The van der Waals surface area contributed by atoms with Crippen LogP contribution in [0.1, 0.15) is 34.6 Å². The van der Waals surface area contributed by atoms with E-state index in [1.807, 2.05) is 4.90 Å². The summed E-state index contributed by atoms with van der Waals surface area (Å²) in [6.07, 6.45) is -0.522. The van der Waals surface area contributed by atoms with Gasteiger partial charge in [-0.3, -0.25) is 4.79 Å². The number of alkyl carbamates (subject to hydrolysis) is 1. The van der Waals surface area contributed by atoms with Gasteiger partial charge in [0.05, 0.1) is 0 Å². The minimum atomic E-state index is -0.543. The van der Waals surface area contributed by atoms with Gasteiger partial charge in [0.15, 0.2) is 0 Å². The van der Waals surface area contributed by atoms with Crippen molar-refractivity contribution in [2.24, 2.45) is 0 Å². The van der Waals surface area contributed by atoms with E-state index >= 15 is 0 Å². The molecule has 0 aromatic carbocycles. The van der Waals surface area contributed by atoms with Crippen molar-refractivity contribution < 1.29 is 14.3 Å². The number of amides is 2. The average Bonchev–Trinajstić information content (AvgIpc) is 2.45. The molecule has 2 saturated heterocycles. The molecule has 0 aromatic rings. The maximum atomic E-state index is 11.9. The zero-order valence-corrected chi connectivity index (χ0v) is 12.3. The molecule has 5 nitrogen and oxygen atoms in total.